The highest BCUT2D eigenvalue weighted by Gasteiger charge is 2.22. The maximum Gasteiger partial charge on any atom is 0.410 e. The lowest BCUT2D eigenvalue weighted by Crippen LogP contribution is -2.47. The largest absolute Gasteiger partial charge is 0.444 e. The third-order valence-corrected chi connectivity index (χ3v) is 4.26. The molecule has 1 rings (SSSR count). The fraction of sp³-hybridized carbons (Fsp3) is 0.619. The number of nitrogens with zero attached hydrogens (tertiary/aromatic N) is 2. The monoisotopic (exact) mass is 377 g/mol. The molecule has 2 amide bonds. The molecule has 0 aliphatic heterocycles. The lowest BCUT2D eigenvalue weighted by Gasteiger charge is -2.30. The average Bonchev–Trinajstić information content (AvgIpc) is 2.59. The number of hydrogen-bond acceptors (Lipinski definition) is 4. The van der Waals surface area contributed by atoms with Crippen molar-refractivity contribution in [3.05, 3.63) is 35.9 Å². The summed E-state index contributed by atoms with van der Waals surface area (Å²) in [4.78, 5) is 27.9. The number of hydrogen-bond donors (Lipinski definition) is 1. The number of nitrogens with one attached hydrogen (secondary N) is 1. The van der Waals surface area contributed by atoms with Crippen molar-refractivity contribution in [2.75, 3.05) is 33.2 Å². The van der Waals surface area contributed by atoms with Gasteiger partial charge in [0.2, 0.25) is 5.91 Å². The maximum atomic E-state index is 12.3. The molecule has 6 heteroatoms. The molecule has 0 aliphatic carbocycles. The minimum Gasteiger partial charge on any atom is -0.444 e. The van der Waals surface area contributed by atoms with E-state index in [1.165, 1.54) is 10.5 Å². The number of rotatable bonds is 9. The van der Waals surface area contributed by atoms with Crippen molar-refractivity contribution in [3.8, 4) is 0 Å². The van der Waals surface area contributed by atoms with Crippen LogP contribution in [0.25, 0.3) is 0 Å². The molecule has 6 nitrogen and oxygen atoms in total. The Kier molecular flexibility index (Phi) is 9.29. The zero-order valence-corrected chi connectivity index (χ0v) is 17.6. The lowest BCUT2D eigenvalue weighted by atomic mass is 10.0. The van der Waals surface area contributed by atoms with Gasteiger partial charge in [-0.15, -0.1) is 0 Å². The Morgan fingerprint density at radius 2 is 1.70 bits per heavy atom. The first kappa shape index (κ1) is 23.0. The Bertz CT molecular complexity index is 580. The molecule has 0 bridgehead atoms. The number of benzene rings is 1. The first-order chi connectivity index (χ1) is 12.7. The zero-order chi connectivity index (χ0) is 20.4. The maximum absolute atomic E-state index is 12.3. The minimum atomic E-state index is -0.578. The van der Waals surface area contributed by atoms with Crippen molar-refractivity contribution < 1.29 is 14.3 Å². The van der Waals surface area contributed by atoms with E-state index in [0.29, 0.717) is 6.54 Å². The van der Waals surface area contributed by atoms with E-state index in [0.717, 1.165) is 19.5 Å². The van der Waals surface area contributed by atoms with E-state index in [9.17, 15) is 9.59 Å². The van der Waals surface area contributed by atoms with E-state index in [1.54, 1.807) is 27.8 Å². The summed E-state index contributed by atoms with van der Waals surface area (Å²) >= 11 is 0. The van der Waals surface area contributed by atoms with Crippen LogP contribution in [-0.2, 0) is 16.0 Å². The molecule has 1 unspecified atom stereocenters. The molecule has 0 aromatic heterocycles. The zero-order valence-electron chi connectivity index (χ0n) is 17.6. The summed E-state index contributed by atoms with van der Waals surface area (Å²) in [6.45, 7) is 12.0. The van der Waals surface area contributed by atoms with Gasteiger partial charge < -0.3 is 15.0 Å². The highest BCUT2D eigenvalue weighted by atomic mass is 16.6. The van der Waals surface area contributed by atoms with Gasteiger partial charge in [0, 0.05) is 19.6 Å². The third kappa shape index (κ3) is 8.91. The van der Waals surface area contributed by atoms with Gasteiger partial charge in [0.1, 0.15) is 12.1 Å². The van der Waals surface area contributed by atoms with Crippen LogP contribution in [0.1, 0.15) is 40.2 Å². The van der Waals surface area contributed by atoms with Gasteiger partial charge in [0.05, 0.1) is 0 Å². The summed E-state index contributed by atoms with van der Waals surface area (Å²) in [6.07, 6.45) is 0.368. The molecular weight excluding hydrogens is 342 g/mol. The predicted molar refractivity (Wildman–Crippen MR) is 109 cm³/mol. The average molecular weight is 378 g/mol. The smallest absolute Gasteiger partial charge is 0.410 e. The first-order valence-corrected chi connectivity index (χ1v) is 9.65. The van der Waals surface area contributed by atoms with Crippen molar-refractivity contribution in [2.45, 2.75) is 52.7 Å². The van der Waals surface area contributed by atoms with E-state index in [4.69, 9.17) is 4.74 Å². The Morgan fingerprint density at radius 3 is 2.22 bits per heavy atom. The summed E-state index contributed by atoms with van der Waals surface area (Å²) in [5, 5.41) is 2.97. The molecule has 0 fully saturated rings. The Balaban J connectivity index is 2.60. The van der Waals surface area contributed by atoms with E-state index in [-0.39, 0.29) is 18.5 Å². The quantitative estimate of drug-likeness (QED) is 0.719. The Labute approximate surface area is 163 Å². The molecule has 152 valence electrons. The van der Waals surface area contributed by atoms with Gasteiger partial charge in [-0.05, 0) is 45.8 Å². The fourth-order valence-electron chi connectivity index (χ4n) is 2.86. The van der Waals surface area contributed by atoms with E-state index in [1.807, 2.05) is 18.2 Å². The SMILES string of the molecule is CCN(CC)C(CNC(=O)CN(C)C(=O)OC(C)(C)C)Cc1ccccc1. The lowest BCUT2D eigenvalue weighted by molar-refractivity contribution is -0.122. The summed E-state index contributed by atoms with van der Waals surface area (Å²) in [7, 11) is 1.57. The van der Waals surface area contributed by atoms with Crippen LogP contribution in [0.2, 0.25) is 0 Å². The van der Waals surface area contributed by atoms with Gasteiger partial charge in [-0.2, -0.15) is 0 Å². The third-order valence-electron chi connectivity index (χ3n) is 4.26. The van der Waals surface area contributed by atoms with E-state index < -0.39 is 11.7 Å². The molecule has 0 radical (unpaired) electrons. The standard InChI is InChI=1S/C21H35N3O3/c1-7-24(8-2)18(14-17-12-10-9-11-13-17)15-22-19(25)16-23(6)20(26)27-21(3,4)5/h9-13,18H,7-8,14-16H2,1-6H3,(H,22,25). The minimum absolute atomic E-state index is 0.0226. The van der Waals surface area contributed by atoms with Gasteiger partial charge in [0.15, 0.2) is 0 Å². The molecule has 0 saturated carbocycles. The van der Waals surface area contributed by atoms with E-state index in [2.05, 4.69) is 36.2 Å². The molecule has 1 aromatic carbocycles. The van der Waals surface area contributed by atoms with Crippen LogP contribution in [0, 0.1) is 0 Å². The normalized spacial score (nSPS) is 12.6. The first-order valence-electron chi connectivity index (χ1n) is 9.65. The molecule has 1 atom stereocenters. The Hall–Kier alpha value is -2.08. The van der Waals surface area contributed by atoms with Crippen molar-refractivity contribution in [2.24, 2.45) is 0 Å². The molecule has 27 heavy (non-hydrogen) atoms. The number of carbonyl (C=O) groups is 2. The summed E-state index contributed by atoms with van der Waals surface area (Å²) in [5.74, 6) is -0.187. The van der Waals surface area contributed by atoms with Gasteiger partial charge in [-0.3, -0.25) is 9.69 Å². The van der Waals surface area contributed by atoms with Gasteiger partial charge in [-0.1, -0.05) is 44.2 Å². The number of ether oxygens (including phenoxy) is 1. The van der Waals surface area contributed by atoms with Gasteiger partial charge in [0.25, 0.3) is 0 Å². The van der Waals surface area contributed by atoms with Crippen LogP contribution in [0.4, 0.5) is 4.79 Å². The summed E-state index contributed by atoms with van der Waals surface area (Å²) < 4.78 is 5.28. The topological polar surface area (TPSA) is 61.9 Å². The van der Waals surface area contributed by atoms with Crippen LogP contribution in [0.5, 0.6) is 0 Å². The second-order valence-electron chi connectivity index (χ2n) is 7.71. The fourth-order valence-corrected chi connectivity index (χ4v) is 2.86. The summed E-state index contributed by atoms with van der Waals surface area (Å²) in [5.41, 5.74) is 0.667. The van der Waals surface area contributed by atoms with Crippen molar-refractivity contribution in [1.82, 2.24) is 15.1 Å². The highest BCUT2D eigenvalue weighted by molar-refractivity contribution is 5.82. The van der Waals surface area contributed by atoms with Crippen molar-refractivity contribution >= 4 is 12.0 Å². The van der Waals surface area contributed by atoms with Crippen LogP contribution in [0.3, 0.4) is 0 Å². The van der Waals surface area contributed by atoms with Crippen LogP contribution < -0.4 is 5.32 Å². The number of amides is 2. The second kappa shape index (κ2) is 10.9. The molecule has 0 spiro atoms. The second-order valence-corrected chi connectivity index (χ2v) is 7.71. The molecule has 0 saturated heterocycles. The Morgan fingerprint density at radius 1 is 1.11 bits per heavy atom. The predicted octanol–water partition coefficient (Wildman–Crippen LogP) is 2.92. The van der Waals surface area contributed by atoms with Crippen LogP contribution in [0.15, 0.2) is 30.3 Å². The van der Waals surface area contributed by atoms with Gasteiger partial charge in [-0.25, -0.2) is 4.79 Å². The molecular formula is C21H35N3O3. The summed E-state index contributed by atoms with van der Waals surface area (Å²) in [6, 6.07) is 10.5. The molecule has 0 aliphatic rings. The van der Waals surface area contributed by atoms with Crippen molar-refractivity contribution in [1.29, 1.82) is 0 Å². The number of carbonyl (C=O) groups excluding carboxylic acids is 2. The molecule has 0 heterocycles. The molecule has 1 aromatic rings. The van der Waals surface area contributed by atoms with Crippen LogP contribution in [-0.4, -0.2) is 66.7 Å². The molecule has 1 N–H and O–H groups in total. The van der Waals surface area contributed by atoms with Crippen LogP contribution >= 0.6 is 0 Å². The number of likely N-dealkylation sites (N-methyl/N-ethyl adjacent to an activating group) is 2. The van der Waals surface area contributed by atoms with E-state index >= 15 is 0 Å². The van der Waals surface area contributed by atoms with Gasteiger partial charge >= 0.3 is 6.09 Å². The highest BCUT2D eigenvalue weighted by Crippen LogP contribution is 2.10. The van der Waals surface area contributed by atoms with Crippen molar-refractivity contribution in [3.63, 3.8) is 0 Å².